The summed E-state index contributed by atoms with van der Waals surface area (Å²) in [4.78, 5) is 0. The van der Waals surface area contributed by atoms with Gasteiger partial charge in [0.15, 0.2) is 0 Å². The Morgan fingerprint density at radius 2 is 2.00 bits per heavy atom. The minimum absolute atomic E-state index is 0. The quantitative estimate of drug-likeness (QED) is 0.716. The van der Waals surface area contributed by atoms with Crippen LogP contribution in [-0.4, -0.2) is 0 Å². The number of fused-ring (bicyclic) bond motifs is 1. The summed E-state index contributed by atoms with van der Waals surface area (Å²) in [6.45, 7) is 4.54. The fourth-order valence-electron chi connectivity index (χ4n) is 1.82. The van der Waals surface area contributed by atoms with E-state index in [-0.39, 0.29) is 26.2 Å². The first kappa shape index (κ1) is 11.8. The molecule has 0 aliphatic rings. The summed E-state index contributed by atoms with van der Waals surface area (Å²) in [6, 6.07) is 13.1. The molecule has 0 heterocycles. The van der Waals surface area contributed by atoms with Crippen molar-refractivity contribution in [2.75, 3.05) is 0 Å². The van der Waals surface area contributed by atoms with Gasteiger partial charge in [-0.05, 0) is 0 Å². The second-order valence-electron chi connectivity index (χ2n) is 3.69. The van der Waals surface area contributed by atoms with Gasteiger partial charge in [-0.15, -0.1) is 41.1 Å². The van der Waals surface area contributed by atoms with Gasteiger partial charge < -0.3 is 0 Å². The van der Waals surface area contributed by atoms with E-state index >= 15 is 0 Å². The summed E-state index contributed by atoms with van der Waals surface area (Å²) in [7, 11) is 0. The smallest absolute Gasteiger partial charge is 0 e. The molecule has 0 N–H and O–H groups in total. The molecule has 0 spiro atoms. The van der Waals surface area contributed by atoms with Crippen molar-refractivity contribution in [1.82, 2.24) is 0 Å². The molecule has 2 aromatic rings. The van der Waals surface area contributed by atoms with Crippen LogP contribution in [0, 0.1) is 0 Å². The Balaban J connectivity index is 0.000000980. The zero-order valence-electron chi connectivity index (χ0n) is 8.75. The normalized spacial score (nSPS) is 12.4. The maximum Gasteiger partial charge on any atom is 0 e. The first-order valence-electron chi connectivity index (χ1n) is 4.97. The molecule has 0 saturated carbocycles. The van der Waals surface area contributed by atoms with Gasteiger partial charge in [-0.25, -0.2) is 0 Å². The van der Waals surface area contributed by atoms with Crippen LogP contribution in [0.5, 0.6) is 0 Å². The summed E-state index contributed by atoms with van der Waals surface area (Å²) in [5.74, 6) is 0.680. The Morgan fingerprint density at radius 1 is 1.29 bits per heavy atom. The summed E-state index contributed by atoms with van der Waals surface area (Å²) >= 11 is 0. The Bertz CT molecular complexity index is 400. The average Bonchev–Trinajstić information content (AvgIpc) is 2.60. The Hall–Kier alpha value is -0.287. The van der Waals surface area contributed by atoms with Crippen molar-refractivity contribution in [2.24, 2.45) is 0 Å². The Morgan fingerprint density at radius 3 is 2.71 bits per heavy atom. The van der Waals surface area contributed by atoms with Gasteiger partial charge in [0, 0.05) is 26.2 Å². The number of hydrogen-bond donors (Lipinski definition) is 0. The summed E-state index contributed by atoms with van der Waals surface area (Å²) in [6.07, 6.45) is 1.22. The summed E-state index contributed by atoms with van der Waals surface area (Å²) in [5.41, 5.74) is 1.50. The molecule has 14 heavy (non-hydrogen) atoms. The molecule has 0 fully saturated rings. The van der Waals surface area contributed by atoms with E-state index in [0.29, 0.717) is 5.92 Å². The number of hydrogen-bond acceptors (Lipinski definition) is 0. The molecule has 0 radical (unpaired) electrons. The van der Waals surface area contributed by atoms with E-state index in [9.17, 15) is 0 Å². The van der Waals surface area contributed by atoms with Gasteiger partial charge in [0.2, 0.25) is 0 Å². The zero-order chi connectivity index (χ0) is 9.26. The van der Waals surface area contributed by atoms with Crippen LogP contribution in [0.2, 0.25) is 0 Å². The first-order chi connectivity index (χ1) is 6.33. The average molecular weight is 262 g/mol. The van der Waals surface area contributed by atoms with E-state index in [4.69, 9.17) is 0 Å². The minimum Gasteiger partial charge on any atom is -0.151 e. The molecule has 0 aliphatic carbocycles. The molecule has 0 bridgehead atoms. The molecule has 0 saturated heterocycles. The van der Waals surface area contributed by atoms with Crippen LogP contribution in [-0.2, 0) is 26.2 Å². The molecular formula is C13H15Zr-. The molecule has 2 aromatic carbocycles. The second-order valence-corrected chi connectivity index (χ2v) is 3.69. The van der Waals surface area contributed by atoms with Crippen molar-refractivity contribution in [3.8, 4) is 0 Å². The Labute approximate surface area is 105 Å². The van der Waals surface area contributed by atoms with E-state index < -0.39 is 0 Å². The van der Waals surface area contributed by atoms with Gasteiger partial charge >= 0.3 is 0 Å². The topological polar surface area (TPSA) is 0 Å². The number of rotatable bonds is 2. The largest absolute Gasteiger partial charge is 0.151 e. The third-order valence-corrected chi connectivity index (χ3v) is 2.86. The van der Waals surface area contributed by atoms with E-state index in [1.54, 1.807) is 0 Å². The van der Waals surface area contributed by atoms with Crippen molar-refractivity contribution < 1.29 is 26.2 Å². The van der Waals surface area contributed by atoms with Crippen LogP contribution < -0.4 is 0 Å². The monoisotopic (exact) mass is 261 g/mol. The fourth-order valence-corrected chi connectivity index (χ4v) is 1.82. The van der Waals surface area contributed by atoms with E-state index in [1.807, 2.05) is 0 Å². The standard InChI is InChI=1S/C13H15.Zr/c1-3-10(2)12-9-8-11-6-4-5-7-13(11)12;/h4-10H,3H2,1-2H3;/q-1;. The maximum absolute atomic E-state index is 2.29. The molecule has 0 nitrogen and oxygen atoms in total. The molecule has 0 amide bonds. The van der Waals surface area contributed by atoms with Gasteiger partial charge in [-0.3, -0.25) is 0 Å². The third-order valence-electron chi connectivity index (χ3n) is 2.86. The molecule has 0 aromatic heterocycles. The van der Waals surface area contributed by atoms with Crippen LogP contribution in [0.25, 0.3) is 10.8 Å². The van der Waals surface area contributed by atoms with Crippen molar-refractivity contribution in [2.45, 2.75) is 26.2 Å². The molecule has 0 aliphatic heterocycles. The van der Waals surface area contributed by atoms with Crippen molar-refractivity contribution in [1.29, 1.82) is 0 Å². The SMILES string of the molecule is CCC(C)c1c[cH-]c2ccccc12.[Zr]. The zero-order valence-corrected chi connectivity index (χ0v) is 11.2. The molecule has 2 rings (SSSR count). The van der Waals surface area contributed by atoms with Crippen LogP contribution in [0.4, 0.5) is 0 Å². The first-order valence-corrected chi connectivity index (χ1v) is 4.97. The molecule has 1 unspecified atom stereocenters. The van der Waals surface area contributed by atoms with Crippen LogP contribution in [0.15, 0.2) is 36.4 Å². The van der Waals surface area contributed by atoms with Crippen LogP contribution in [0.3, 0.4) is 0 Å². The third kappa shape index (κ3) is 2.03. The van der Waals surface area contributed by atoms with Crippen molar-refractivity contribution in [3.63, 3.8) is 0 Å². The van der Waals surface area contributed by atoms with Crippen molar-refractivity contribution in [3.05, 3.63) is 42.0 Å². The maximum atomic E-state index is 2.29. The summed E-state index contributed by atoms with van der Waals surface area (Å²) in [5, 5.41) is 2.80. The minimum atomic E-state index is 0. The van der Waals surface area contributed by atoms with E-state index in [2.05, 4.69) is 50.2 Å². The number of benzene rings is 1. The van der Waals surface area contributed by atoms with Gasteiger partial charge in [-0.2, -0.15) is 5.56 Å². The molecule has 72 valence electrons. The molecule has 1 atom stereocenters. The van der Waals surface area contributed by atoms with Gasteiger partial charge in [0.05, 0.1) is 0 Å². The van der Waals surface area contributed by atoms with E-state index in [1.165, 1.54) is 22.8 Å². The van der Waals surface area contributed by atoms with E-state index in [0.717, 1.165) is 0 Å². The Kier molecular flexibility index (Phi) is 4.19. The molecule has 1 heteroatoms. The predicted octanol–water partition coefficient (Wildman–Crippen LogP) is 4.07. The second kappa shape index (κ2) is 4.98. The molecular weight excluding hydrogens is 247 g/mol. The van der Waals surface area contributed by atoms with Crippen molar-refractivity contribution >= 4 is 10.8 Å². The fraction of sp³-hybridized carbons (Fsp3) is 0.308. The van der Waals surface area contributed by atoms with Crippen LogP contribution in [0.1, 0.15) is 31.7 Å². The van der Waals surface area contributed by atoms with Gasteiger partial charge in [0.25, 0.3) is 0 Å². The predicted molar refractivity (Wildman–Crippen MR) is 58.2 cm³/mol. The van der Waals surface area contributed by atoms with Crippen LogP contribution >= 0.6 is 0 Å². The van der Waals surface area contributed by atoms with Gasteiger partial charge in [0.1, 0.15) is 0 Å². The summed E-state index contributed by atoms with van der Waals surface area (Å²) < 4.78 is 0. The van der Waals surface area contributed by atoms with Gasteiger partial charge in [-0.1, -0.05) is 32.3 Å².